The van der Waals surface area contributed by atoms with Crippen molar-refractivity contribution in [2.24, 2.45) is 0 Å². The molecule has 1 atom stereocenters. The number of hydroxylamine groups is 2. The van der Waals surface area contributed by atoms with E-state index < -0.39 is 23.7 Å². The first kappa shape index (κ1) is 13.7. The molecule has 1 unspecified atom stereocenters. The number of aromatic nitrogens is 2. The summed E-state index contributed by atoms with van der Waals surface area (Å²) in [7, 11) is 0. The smallest absolute Gasteiger partial charge is 0.329 e. The number of rotatable bonds is 2. The highest BCUT2D eigenvalue weighted by Gasteiger charge is 2.40. The van der Waals surface area contributed by atoms with Gasteiger partial charge in [0.15, 0.2) is 0 Å². The van der Waals surface area contributed by atoms with Gasteiger partial charge in [-0.1, -0.05) is 17.2 Å². The minimum atomic E-state index is -0.610. The molecule has 0 aliphatic carbocycles. The molecule has 1 aromatic carbocycles. The highest BCUT2D eigenvalue weighted by Crippen LogP contribution is 2.30. The Morgan fingerprint density at radius 2 is 1.83 bits per heavy atom. The number of hydrogen-bond donors (Lipinski definition) is 0. The van der Waals surface area contributed by atoms with E-state index in [1.54, 1.807) is 41.2 Å². The van der Waals surface area contributed by atoms with Gasteiger partial charge in [-0.2, -0.15) is 5.10 Å². The lowest BCUT2D eigenvalue weighted by atomic mass is 9.96. The molecule has 1 aromatic heterocycles. The third kappa shape index (κ3) is 2.04. The largest absolute Gasteiger partial charge is 0.342 e. The van der Waals surface area contributed by atoms with Crippen molar-refractivity contribution in [2.45, 2.75) is 25.3 Å². The zero-order chi connectivity index (χ0) is 16.0. The predicted molar refractivity (Wildman–Crippen MR) is 77.2 cm³/mol. The zero-order valence-electron chi connectivity index (χ0n) is 12.1. The molecule has 0 radical (unpaired) electrons. The number of hydrogen-bond acceptors (Lipinski definition) is 5. The highest BCUT2D eigenvalue weighted by atomic mass is 16.7. The second kappa shape index (κ2) is 5.05. The van der Waals surface area contributed by atoms with Crippen molar-refractivity contribution in [2.75, 3.05) is 0 Å². The molecule has 7 heteroatoms. The first-order valence-electron chi connectivity index (χ1n) is 7.38. The number of imide groups is 1. The number of carbonyl (C=O) groups is 3. The first-order valence-corrected chi connectivity index (χ1v) is 7.38. The monoisotopic (exact) mass is 311 g/mol. The Morgan fingerprint density at radius 3 is 2.52 bits per heavy atom. The molecule has 0 fully saturated rings. The van der Waals surface area contributed by atoms with E-state index in [0.717, 1.165) is 18.7 Å². The van der Waals surface area contributed by atoms with Gasteiger partial charge in [0.1, 0.15) is 5.92 Å². The maximum absolute atomic E-state index is 12.4. The molecule has 7 nitrogen and oxygen atoms in total. The fourth-order valence-electron chi connectivity index (χ4n) is 3.06. The van der Waals surface area contributed by atoms with Crippen LogP contribution in [-0.4, -0.2) is 32.6 Å². The van der Waals surface area contributed by atoms with E-state index in [2.05, 4.69) is 5.10 Å². The Labute approximate surface area is 131 Å². The quantitative estimate of drug-likeness (QED) is 0.785. The summed E-state index contributed by atoms with van der Waals surface area (Å²) in [5.74, 6) is -2.34. The molecule has 0 spiro atoms. The predicted octanol–water partition coefficient (Wildman–Crippen LogP) is 1.51. The number of benzene rings is 1. The molecule has 4 rings (SSSR count). The Morgan fingerprint density at radius 1 is 1.13 bits per heavy atom. The summed E-state index contributed by atoms with van der Waals surface area (Å²) in [5, 5.41) is 4.70. The summed E-state index contributed by atoms with van der Waals surface area (Å²) in [6.45, 7) is 0.749. The number of nitrogens with zero attached hydrogens (tertiary/aromatic N) is 3. The highest BCUT2D eigenvalue weighted by molar-refractivity contribution is 6.20. The maximum atomic E-state index is 12.4. The van der Waals surface area contributed by atoms with Crippen LogP contribution in [0.25, 0.3) is 0 Å². The summed E-state index contributed by atoms with van der Waals surface area (Å²) in [6.07, 6.45) is 3.02. The van der Waals surface area contributed by atoms with E-state index >= 15 is 0 Å². The molecule has 116 valence electrons. The van der Waals surface area contributed by atoms with Crippen LogP contribution in [0.5, 0.6) is 0 Å². The molecular weight excluding hydrogens is 298 g/mol. The van der Waals surface area contributed by atoms with E-state index in [4.69, 9.17) is 4.84 Å². The third-order valence-corrected chi connectivity index (χ3v) is 4.19. The van der Waals surface area contributed by atoms with Crippen molar-refractivity contribution in [1.82, 2.24) is 14.8 Å². The lowest BCUT2D eigenvalue weighted by Gasteiger charge is -2.23. The Kier molecular flexibility index (Phi) is 3.00. The standard InChI is InChI=1S/C16H13N3O4/c20-14-10-4-1-2-5-11(10)15(21)19(14)23-16(22)12-6-3-9-18-13(12)7-8-17-18/h1-2,4-5,7-8,12H,3,6,9H2. The SMILES string of the molecule is O=C(ON1C(=O)c2ccccc2C1=O)C1CCCn2nccc21. The topological polar surface area (TPSA) is 81.5 Å². The van der Waals surface area contributed by atoms with Gasteiger partial charge >= 0.3 is 5.97 Å². The van der Waals surface area contributed by atoms with E-state index in [1.165, 1.54) is 0 Å². The van der Waals surface area contributed by atoms with Gasteiger partial charge in [-0.15, -0.1) is 0 Å². The fourth-order valence-corrected chi connectivity index (χ4v) is 3.06. The molecular formula is C16H13N3O4. The van der Waals surface area contributed by atoms with Crippen LogP contribution in [0.2, 0.25) is 0 Å². The van der Waals surface area contributed by atoms with E-state index in [-0.39, 0.29) is 11.1 Å². The van der Waals surface area contributed by atoms with Crippen LogP contribution in [0.4, 0.5) is 0 Å². The maximum Gasteiger partial charge on any atom is 0.342 e. The lowest BCUT2D eigenvalue weighted by molar-refractivity contribution is -0.171. The van der Waals surface area contributed by atoms with Crippen LogP contribution in [0.3, 0.4) is 0 Å². The third-order valence-electron chi connectivity index (χ3n) is 4.19. The minimum absolute atomic E-state index is 0.249. The van der Waals surface area contributed by atoms with Gasteiger partial charge in [0, 0.05) is 12.7 Å². The minimum Gasteiger partial charge on any atom is -0.329 e. The molecule has 0 saturated heterocycles. The normalized spacial score (nSPS) is 19.5. The molecule has 23 heavy (non-hydrogen) atoms. The van der Waals surface area contributed by atoms with Crippen LogP contribution in [0, 0.1) is 0 Å². The van der Waals surface area contributed by atoms with Crippen LogP contribution in [0.1, 0.15) is 45.2 Å². The van der Waals surface area contributed by atoms with Gasteiger partial charge in [-0.3, -0.25) is 14.3 Å². The van der Waals surface area contributed by atoms with Crippen molar-refractivity contribution in [3.8, 4) is 0 Å². The summed E-state index contributed by atoms with van der Waals surface area (Å²) >= 11 is 0. The zero-order valence-corrected chi connectivity index (χ0v) is 12.1. The summed E-state index contributed by atoms with van der Waals surface area (Å²) in [6, 6.07) is 8.16. The Bertz CT molecular complexity index is 791. The second-order valence-electron chi connectivity index (χ2n) is 5.53. The van der Waals surface area contributed by atoms with Crippen molar-refractivity contribution in [3.63, 3.8) is 0 Å². The van der Waals surface area contributed by atoms with Crippen molar-refractivity contribution in [3.05, 3.63) is 53.3 Å². The Balaban J connectivity index is 1.57. The molecule has 2 amide bonds. The molecule has 2 aromatic rings. The van der Waals surface area contributed by atoms with E-state index in [1.807, 2.05) is 0 Å². The number of fused-ring (bicyclic) bond motifs is 2. The van der Waals surface area contributed by atoms with Gasteiger partial charge in [-0.25, -0.2) is 4.79 Å². The lowest BCUT2D eigenvalue weighted by Crippen LogP contribution is -2.35. The van der Waals surface area contributed by atoms with Gasteiger partial charge in [0.25, 0.3) is 11.8 Å². The Hall–Kier alpha value is -2.96. The van der Waals surface area contributed by atoms with Crippen LogP contribution in [-0.2, 0) is 16.2 Å². The first-order chi connectivity index (χ1) is 11.2. The number of aryl methyl sites for hydroxylation is 1. The van der Waals surface area contributed by atoms with Crippen LogP contribution >= 0.6 is 0 Å². The van der Waals surface area contributed by atoms with Crippen molar-refractivity contribution < 1.29 is 19.2 Å². The molecule has 3 heterocycles. The van der Waals surface area contributed by atoms with E-state index in [0.29, 0.717) is 11.5 Å². The van der Waals surface area contributed by atoms with Gasteiger partial charge in [0.05, 0.1) is 16.8 Å². The molecule has 2 aliphatic rings. The average molecular weight is 311 g/mol. The van der Waals surface area contributed by atoms with Crippen molar-refractivity contribution >= 4 is 17.8 Å². The van der Waals surface area contributed by atoms with Crippen LogP contribution in [0.15, 0.2) is 36.5 Å². The van der Waals surface area contributed by atoms with Gasteiger partial charge in [0.2, 0.25) is 0 Å². The average Bonchev–Trinajstić information content (AvgIpc) is 3.14. The second-order valence-corrected chi connectivity index (χ2v) is 5.53. The fraction of sp³-hybridized carbons (Fsp3) is 0.250. The summed E-state index contributed by atoms with van der Waals surface area (Å²) in [4.78, 5) is 42.0. The summed E-state index contributed by atoms with van der Waals surface area (Å²) < 4.78 is 1.75. The van der Waals surface area contributed by atoms with Gasteiger partial charge < -0.3 is 4.84 Å². The van der Waals surface area contributed by atoms with Gasteiger partial charge in [-0.05, 0) is 31.0 Å². The van der Waals surface area contributed by atoms with E-state index in [9.17, 15) is 14.4 Å². The summed E-state index contributed by atoms with van der Waals surface area (Å²) in [5.41, 5.74) is 1.25. The molecule has 0 saturated carbocycles. The molecule has 0 bridgehead atoms. The number of amides is 2. The number of carbonyl (C=O) groups excluding carboxylic acids is 3. The molecule has 2 aliphatic heterocycles. The molecule has 0 N–H and O–H groups in total. The van der Waals surface area contributed by atoms with Crippen molar-refractivity contribution in [1.29, 1.82) is 0 Å². The van der Waals surface area contributed by atoms with Crippen LogP contribution < -0.4 is 0 Å².